The molecule has 0 aliphatic heterocycles. The second-order valence-corrected chi connectivity index (χ2v) is 6.90. The lowest BCUT2D eigenvalue weighted by Crippen LogP contribution is -2.32. The van der Waals surface area contributed by atoms with Crippen LogP contribution in [0.4, 0.5) is 6.01 Å². The number of fused-ring (bicyclic) bond motifs is 1. The van der Waals surface area contributed by atoms with Gasteiger partial charge in [0.1, 0.15) is 11.8 Å². The average Bonchev–Trinajstić information content (AvgIpc) is 3.15. The van der Waals surface area contributed by atoms with Gasteiger partial charge in [0.2, 0.25) is 0 Å². The number of nitrogens with zero attached hydrogens (tertiary/aromatic N) is 3. The molecule has 2 aromatic rings. The van der Waals surface area contributed by atoms with Gasteiger partial charge in [-0.2, -0.15) is 4.98 Å². The number of aldehydes is 1. The van der Waals surface area contributed by atoms with Crippen LogP contribution in [0.1, 0.15) is 24.2 Å². The Kier molecular flexibility index (Phi) is 8.09. The van der Waals surface area contributed by atoms with Gasteiger partial charge in [-0.1, -0.05) is 26.5 Å². The lowest BCUT2D eigenvalue weighted by atomic mass is 10.00. The summed E-state index contributed by atoms with van der Waals surface area (Å²) in [6.45, 7) is 9.77. The predicted octanol–water partition coefficient (Wildman–Crippen LogP) is 2.07. The highest BCUT2D eigenvalue weighted by molar-refractivity contribution is 6.08. The molecule has 2 rings (SSSR count). The molecule has 2 N–H and O–H groups in total. The highest BCUT2D eigenvalue weighted by Gasteiger charge is 2.19. The zero-order chi connectivity index (χ0) is 21.4. The number of benzene rings is 1. The summed E-state index contributed by atoms with van der Waals surface area (Å²) in [7, 11) is 3.52. The summed E-state index contributed by atoms with van der Waals surface area (Å²) in [6, 6.07) is 5.50. The van der Waals surface area contributed by atoms with Crippen molar-refractivity contribution in [1.29, 1.82) is 0 Å². The van der Waals surface area contributed by atoms with Gasteiger partial charge in [0, 0.05) is 20.1 Å². The number of oxazole rings is 1. The molecule has 0 atom stereocenters. The van der Waals surface area contributed by atoms with E-state index in [1.54, 1.807) is 30.1 Å². The zero-order valence-electron chi connectivity index (χ0n) is 17.5. The first-order valence-corrected chi connectivity index (χ1v) is 9.58. The standard InChI is InChI=1S/C21H29N5O3/c1-14(2)15(3)17(23-5)13-24-20(28)16-7-6-8-18-19(16)25-21(29-18)26(11-12-27)10-9-22-4/h6-8,12,14,22H,3,9-11,13H2,1-2,4-5H3,(H,24,28). The quantitative estimate of drug-likeness (QED) is 0.443. The Morgan fingerprint density at radius 2 is 2.17 bits per heavy atom. The Bertz CT molecular complexity index is 901. The van der Waals surface area contributed by atoms with E-state index in [4.69, 9.17) is 4.42 Å². The number of anilines is 1. The summed E-state index contributed by atoms with van der Waals surface area (Å²) in [5.41, 5.74) is 3.00. The minimum Gasteiger partial charge on any atom is -0.423 e. The van der Waals surface area contributed by atoms with Gasteiger partial charge in [-0.05, 0) is 30.7 Å². The molecular weight excluding hydrogens is 370 g/mol. The van der Waals surface area contributed by atoms with Crippen LogP contribution in [0.15, 0.2) is 39.8 Å². The fourth-order valence-electron chi connectivity index (χ4n) is 2.79. The summed E-state index contributed by atoms with van der Waals surface area (Å²) in [5.74, 6) is -0.0288. The highest BCUT2D eigenvalue weighted by atomic mass is 16.4. The molecule has 0 aliphatic rings. The summed E-state index contributed by atoms with van der Waals surface area (Å²) in [4.78, 5) is 34.2. The fraction of sp³-hybridized carbons (Fsp3) is 0.429. The van der Waals surface area contributed by atoms with E-state index in [1.807, 2.05) is 20.9 Å². The molecule has 1 aromatic carbocycles. The molecule has 8 heteroatoms. The van der Waals surface area contributed by atoms with Crippen LogP contribution in [0.2, 0.25) is 0 Å². The Morgan fingerprint density at radius 1 is 1.41 bits per heavy atom. The van der Waals surface area contributed by atoms with E-state index < -0.39 is 0 Å². The normalized spacial score (nSPS) is 11.7. The molecule has 1 heterocycles. The van der Waals surface area contributed by atoms with Crippen LogP contribution < -0.4 is 15.5 Å². The maximum absolute atomic E-state index is 12.8. The largest absolute Gasteiger partial charge is 0.423 e. The third-order valence-corrected chi connectivity index (χ3v) is 4.60. The number of hydrogen-bond donors (Lipinski definition) is 2. The molecule has 8 nitrogen and oxygen atoms in total. The molecule has 0 radical (unpaired) electrons. The molecule has 1 amide bonds. The van der Waals surface area contributed by atoms with Gasteiger partial charge in [-0.25, -0.2) is 0 Å². The Labute approximate surface area is 171 Å². The number of rotatable bonds is 11. The van der Waals surface area contributed by atoms with Crippen molar-refractivity contribution in [3.05, 3.63) is 35.9 Å². The molecular formula is C21H29N5O3. The second-order valence-electron chi connectivity index (χ2n) is 6.90. The third-order valence-electron chi connectivity index (χ3n) is 4.60. The SMILES string of the molecule is C=C(C(CNC(=O)c1cccc2oc(N(CC=O)CCNC)nc12)=NC)C(C)C. The van der Waals surface area contributed by atoms with Gasteiger partial charge in [0.25, 0.3) is 11.9 Å². The monoisotopic (exact) mass is 399 g/mol. The Hall–Kier alpha value is -3.00. The van der Waals surface area contributed by atoms with E-state index in [1.165, 1.54) is 0 Å². The first-order valence-electron chi connectivity index (χ1n) is 9.58. The molecule has 1 aromatic heterocycles. The van der Waals surface area contributed by atoms with Gasteiger partial charge < -0.3 is 24.7 Å². The van der Waals surface area contributed by atoms with E-state index in [-0.39, 0.29) is 24.9 Å². The summed E-state index contributed by atoms with van der Waals surface area (Å²) < 4.78 is 5.80. The first kappa shape index (κ1) is 22.3. The molecule has 0 unspecified atom stereocenters. The third kappa shape index (κ3) is 5.51. The number of carbonyl (C=O) groups is 2. The van der Waals surface area contributed by atoms with Crippen LogP contribution in [0.3, 0.4) is 0 Å². The molecule has 0 spiro atoms. The van der Waals surface area contributed by atoms with Gasteiger partial charge in [0.05, 0.1) is 24.4 Å². The van der Waals surface area contributed by atoms with E-state index in [0.717, 1.165) is 17.6 Å². The molecule has 0 fully saturated rings. The van der Waals surface area contributed by atoms with E-state index in [9.17, 15) is 9.59 Å². The smallest absolute Gasteiger partial charge is 0.298 e. The maximum Gasteiger partial charge on any atom is 0.298 e. The van der Waals surface area contributed by atoms with Crippen molar-refractivity contribution in [2.45, 2.75) is 13.8 Å². The lowest BCUT2D eigenvalue weighted by Gasteiger charge is -2.16. The number of aliphatic imine (C=N–C) groups is 1. The predicted molar refractivity (Wildman–Crippen MR) is 116 cm³/mol. The van der Waals surface area contributed by atoms with Crippen LogP contribution in [0.25, 0.3) is 11.1 Å². The number of amides is 1. The number of nitrogens with one attached hydrogen (secondary N) is 2. The van der Waals surface area contributed by atoms with Crippen molar-refractivity contribution in [3.8, 4) is 0 Å². The van der Waals surface area contributed by atoms with Crippen molar-refractivity contribution in [3.63, 3.8) is 0 Å². The summed E-state index contributed by atoms with van der Waals surface area (Å²) in [6.07, 6.45) is 0.797. The van der Waals surface area contributed by atoms with Crippen LogP contribution in [-0.4, -0.2) is 63.2 Å². The molecule has 0 aliphatic carbocycles. The highest BCUT2D eigenvalue weighted by Crippen LogP contribution is 2.24. The Balaban J connectivity index is 2.24. The minimum atomic E-state index is -0.273. The van der Waals surface area contributed by atoms with Crippen molar-refractivity contribution in [1.82, 2.24) is 15.6 Å². The molecule has 0 bridgehead atoms. The maximum atomic E-state index is 12.8. The number of para-hydroxylation sites is 1. The van der Waals surface area contributed by atoms with Crippen molar-refractivity contribution in [2.24, 2.45) is 10.9 Å². The van der Waals surface area contributed by atoms with Crippen molar-refractivity contribution < 1.29 is 14.0 Å². The van der Waals surface area contributed by atoms with E-state index in [2.05, 4.69) is 27.2 Å². The molecule has 29 heavy (non-hydrogen) atoms. The molecule has 0 saturated heterocycles. The zero-order valence-corrected chi connectivity index (χ0v) is 17.5. The number of carbonyl (C=O) groups excluding carboxylic acids is 2. The Morgan fingerprint density at radius 3 is 2.79 bits per heavy atom. The van der Waals surface area contributed by atoms with Gasteiger partial charge in [0.15, 0.2) is 5.58 Å². The van der Waals surface area contributed by atoms with Crippen LogP contribution in [0, 0.1) is 5.92 Å². The lowest BCUT2D eigenvalue weighted by molar-refractivity contribution is -0.106. The van der Waals surface area contributed by atoms with E-state index in [0.29, 0.717) is 35.8 Å². The second kappa shape index (κ2) is 10.5. The average molecular weight is 399 g/mol. The van der Waals surface area contributed by atoms with Crippen LogP contribution in [-0.2, 0) is 4.79 Å². The molecule has 156 valence electrons. The fourth-order valence-corrected chi connectivity index (χ4v) is 2.79. The van der Waals surface area contributed by atoms with Crippen molar-refractivity contribution in [2.75, 3.05) is 45.2 Å². The van der Waals surface area contributed by atoms with Gasteiger partial charge >= 0.3 is 0 Å². The summed E-state index contributed by atoms with van der Waals surface area (Å²) in [5, 5.41) is 5.91. The summed E-state index contributed by atoms with van der Waals surface area (Å²) >= 11 is 0. The minimum absolute atomic E-state index is 0.156. The topological polar surface area (TPSA) is 99.8 Å². The van der Waals surface area contributed by atoms with Gasteiger partial charge in [-0.15, -0.1) is 0 Å². The first-order chi connectivity index (χ1) is 13.9. The van der Waals surface area contributed by atoms with E-state index >= 15 is 0 Å². The van der Waals surface area contributed by atoms with Crippen molar-refractivity contribution >= 4 is 35.0 Å². The van der Waals surface area contributed by atoms with Crippen LogP contribution in [0.5, 0.6) is 0 Å². The van der Waals surface area contributed by atoms with Gasteiger partial charge in [-0.3, -0.25) is 9.79 Å². The molecule has 0 saturated carbocycles. The number of likely N-dealkylation sites (N-methyl/N-ethyl adjacent to an activating group) is 1. The van der Waals surface area contributed by atoms with Crippen LogP contribution >= 0.6 is 0 Å². The number of hydrogen-bond acceptors (Lipinski definition) is 7. The number of aromatic nitrogens is 1.